The van der Waals surface area contributed by atoms with Crippen LogP contribution in [-0.4, -0.2) is 28.0 Å². The summed E-state index contributed by atoms with van der Waals surface area (Å²) in [5.41, 5.74) is 0.996. The van der Waals surface area contributed by atoms with Crippen molar-refractivity contribution in [3.05, 3.63) is 29.6 Å². The summed E-state index contributed by atoms with van der Waals surface area (Å²) in [5, 5.41) is 11.6. The number of nitrogens with zero attached hydrogens (tertiary/aromatic N) is 1. The summed E-state index contributed by atoms with van der Waals surface area (Å²) in [7, 11) is 0. The van der Waals surface area contributed by atoms with Gasteiger partial charge in [0.2, 0.25) is 0 Å². The molecule has 0 saturated heterocycles. The van der Waals surface area contributed by atoms with Crippen molar-refractivity contribution in [2.24, 2.45) is 5.92 Å². The minimum absolute atomic E-state index is 0.196. The lowest BCUT2D eigenvalue weighted by molar-refractivity contribution is -0.139. The topological polar surface area (TPSA) is 79.3 Å². The number of aryl methyl sites for hydroxylation is 1. The van der Waals surface area contributed by atoms with Crippen molar-refractivity contribution in [3.63, 3.8) is 0 Å². The van der Waals surface area contributed by atoms with Gasteiger partial charge in [-0.15, -0.1) is 0 Å². The smallest absolute Gasteiger partial charge is 0.326 e. The van der Waals surface area contributed by atoms with Gasteiger partial charge in [-0.2, -0.15) is 0 Å². The number of carbonyl (C=O) groups excluding carboxylic acids is 1. The summed E-state index contributed by atoms with van der Waals surface area (Å²) < 4.78 is 0. The zero-order valence-corrected chi connectivity index (χ0v) is 10.8. The molecule has 1 amide bonds. The van der Waals surface area contributed by atoms with Crippen LogP contribution < -0.4 is 5.32 Å². The van der Waals surface area contributed by atoms with Crippen LogP contribution in [0.15, 0.2) is 18.3 Å². The molecule has 5 nitrogen and oxygen atoms in total. The fourth-order valence-corrected chi connectivity index (χ4v) is 1.65. The Bertz CT molecular complexity index is 444. The molecule has 0 aliphatic heterocycles. The van der Waals surface area contributed by atoms with Gasteiger partial charge in [-0.05, 0) is 31.4 Å². The van der Waals surface area contributed by atoms with Crippen LogP contribution in [0.1, 0.15) is 36.3 Å². The average molecular weight is 250 g/mol. The number of nitrogens with one attached hydrogen (secondary N) is 1. The Morgan fingerprint density at radius 1 is 1.44 bits per heavy atom. The number of hydrogen-bond acceptors (Lipinski definition) is 3. The van der Waals surface area contributed by atoms with E-state index in [4.69, 9.17) is 5.11 Å². The van der Waals surface area contributed by atoms with Gasteiger partial charge in [-0.1, -0.05) is 13.8 Å². The highest BCUT2D eigenvalue weighted by Crippen LogP contribution is 2.08. The van der Waals surface area contributed by atoms with Crippen molar-refractivity contribution < 1.29 is 14.7 Å². The van der Waals surface area contributed by atoms with E-state index >= 15 is 0 Å². The van der Waals surface area contributed by atoms with E-state index < -0.39 is 17.9 Å². The van der Waals surface area contributed by atoms with Crippen LogP contribution in [0.4, 0.5) is 0 Å². The summed E-state index contributed by atoms with van der Waals surface area (Å²) in [6, 6.07) is 2.42. The Morgan fingerprint density at radius 2 is 2.11 bits per heavy atom. The highest BCUT2D eigenvalue weighted by molar-refractivity contribution is 5.97. The Kier molecular flexibility index (Phi) is 4.83. The third kappa shape index (κ3) is 3.84. The van der Waals surface area contributed by atoms with E-state index in [0.29, 0.717) is 17.7 Å². The van der Waals surface area contributed by atoms with Gasteiger partial charge in [0.05, 0.1) is 5.56 Å². The van der Waals surface area contributed by atoms with Gasteiger partial charge >= 0.3 is 5.97 Å². The van der Waals surface area contributed by atoms with E-state index in [1.165, 1.54) is 0 Å². The maximum absolute atomic E-state index is 11.9. The lowest BCUT2D eigenvalue weighted by atomic mass is 10.0. The molecule has 18 heavy (non-hydrogen) atoms. The van der Waals surface area contributed by atoms with Crippen LogP contribution in [0, 0.1) is 12.8 Å². The molecule has 1 aromatic heterocycles. The zero-order chi connectivity index (χ0) is 13.7. The second kappa shape index (κ2) is 6.14. The van der Waals surface area contributed by atoms with Crippen LogP contribution in [-0.2, 0) is 4.79 Å². The monoisotopic (exact) mass is 250 g/mol. The van der Waals surface area contributed by atoms with E-state index in [1.54, 1.807) is 25.3 Å². The van der Waals surface area contributed by atoms with Crippen molar-refractivity contribution >= 4 is 11.9 Å². The van der Waals surface area contributed by atoms with Crippen molar-refractivity contribution in [2.45, 2.75) is 33.2 Å². The maximum atomic E-state index is 11.9. The largest absolute Gasteiger partial charge is 0.480 e. The molecule has 0 radical (unpaired) electrons. The number of aliphatic carboxylic acids is 1. The van der Waals surface area contributed by atoms with Crippen molar-refractivity contribution in [1.29, 1.82) is 0 Å². The molecule has 1 heterocycles. The number of pyridine rings is 1. The van der Waals surface area contributed by atoms with Crippen molar-refractivity contribution in [2.75, 3.05) is 0 Å². The Balaban J connectivity index is 2.79. The third-order valence-corrected chi connectivity index (χ3v) is 2.56. The van der Waals surface area contributed by atoms with Gasteiger partial charge in [0, 0.05) is 11.9 Å². The first-order chi connectivity index (χ1) is 8.41. The van der Waals surface area contributed by atoms with Crippen LogP contribution in [0.3, 0.4) is 0 Å². The molecule has 2 N–H and O–H groups in total. The van der Waals surface area contributed by atoms with E-state index in [-0.39, 0.29) is 5.92 Å². The number of aromatic nitrogens is 1. The lowest BCUT2D eigenvalue weighted by Crippen LogP contribution is -2.41. The molecule has 1 aromatic rings. The third-order valence-electron chi connectivity index (χ3n) is 2.56. The first kappa shape index (κ1) is 14.2. The highest BCUT2D eigenvalue weighted by Gasteiger charge is 2.22. The molecule has 0 bridgehead atoms. The van der Waals surface area contributed by atoms with Gasteiger partial charge in [0.15, 0.2) is 0 Å². The van der Waals surface area contributed by atoms with Crippen molar-refractivity contribution in [3.8, 4) is 0 Å². The molecule has 0 saturated carbocycles. The summed E-state index contributed by atoms with van der Waals surface area (Å²) in [6.07, 6.45) is 2.00. The van der Waals surface area contributed by atoms with Crippen LogP contribution in [0.5, 0.6) is 0 Å². The number of carboxylic acid groups (broad SMARTS) is 1. The summed E-state index contributed by atoms with van der Waals surface area (Å²) >= 11 is 0. The fourth-order valence-electron chi connectivity index (χ4n) is 1.65. The molecule has 0 aliphatic carbocycles. The lowest BCUT2D eigenvalue weighted by Gasteiger charge is -2.16. The number of carbonyl (C=O) groups is 2. The minimum Gasteiger partial charge on any atom is -0.480 e. The van der Waals surface area contributed by atoms with Crippen LogP contribution in [0.2, 0.25) is 0 Å². The molecule has 0 unspecified atom stereocenters. The molecule has 0 aromatic carbocycles. The van der Waals surface area contributed by atoms with Gasteiger partial charge < -0.3 is 10.4 Å². The number of rotatable bonds is 5. The number of amides is 1. The average Bonchev–Trinajstić information content (AvgIpc) is 2.27. The molecule has 98 valence electrons. The zero-order valence-electron chi connectivity index (χ0n) is 10.8. The molecule has 0 spiro atoms. The molecule has 0 aliphatic rings. The highest BCUT2D eigenvalue weighted by atomic mass is 16.4. The van der Waals surface area contributed by atoms with E-state index in [0.717, 1.165) is 0 Å². The molecule has 1 atom stereocenters. The van der Waals surface area contributed by atoms with Crippen LogP contribution in [0.25, 0.3) is 0 Å². The van der Waals surface area contributed by atoms with Gasteiger partial charge in [-0.25, -0.2) is 4.79 Å². The summed E-state index contributed by atoms with van der Waals surface area (Å²) in [5.74, 6) is -1.21. The fraction of sp³-hybridized carbons (Fsp3) is 0.462. The van der Waals surface area contributed by atoms with E-state index in [2.05, 4.69) is 10.3 Å². The first-order valence-electron chi connectivity index (χ1n) is 5.87. The normalized spacial score (nSPS) is 12.2. The minimum atomic E-state index is -1.02. The predicted octanol–water partition coefficient (Wildman–Crippen LogP) is 1.62. The SMILES string of the molecule is Cc1ncccc1C(=O)N[C@@H](CC(C)C)C(=O)O. The van der Waals surface area contributed by atoms with E-state index in [1.807, 2.05) is 13.8 Å². The number of hydrogen-bond donors (Lipinski definition) is 2. The summed E-state index contributed by atoms with van der Waals surface area (Å²) in [4.78, 5) is 27.0. The molecular formula is C13H18N2O3. The van der Waals surface area contributed by atoms with Gasteiger partial charge in [0.25, 0.3) is 5.91 Å². The maximum Gasteiger partial charge on any atom is 0.326 e. The van der Waals surface area contributed by atoms with Gasteiger partial charge in [-0.3, -0.25) is 9.78 Å². The molecule has 5 heteroatoms. The Labute approximate surface area is 106 Å². The van der Waals surface area contributed by atoms with Crippen LogP contribution >= 0.6 is 0 Å². The molecular weight excluding hydrogens is 232 g/mol. The number of carboxylic acids is 1. The standard InChI is InChI=1S/C13H18N2O3/c1-8(2)7-11(13(17)18)15-12(16)10-5-4-6-14-9(10)3/h4-6,8,11H,7H2,1-3H3,(H,15,16)(H,17,18)/t11-/m0/s1. The predicted molar refractivity (Wildman–Crippen MR) is 67.3 cm³/mol. The first-order valence-corrected chi connectivity index (χ1v) is 5.87. The molecule has 1 rings (SSSR count). The Hall–Kier alpha value is -1.91. The van der Waals surface area contributed by atoms with Gasteiger partial charge in [0.1, 0.15) is 6.04 Å². The second-order valence-corrected chi connectivity index (χ2v) is 4.63. The molecule has 0 fully saturated rings. The van der Waals surface area contributed by atoms with E-state index in [9.17, 15) is 9.59 Å². The summed E-state index contributed by atoms with van der Waals surface area (Å²) in [6.45, 7) is 5.54. The Morgan fingerprint density at radius 3 is 2.61 bits per heavy atom. The quantitative estimate of drug-likeness (QED) is 0.832. The second-order valence-electron chi connectivity index (χ2n) is 4.63. The van der Waals surface area contributed by atoms with Crippen molar-refractivity contribution in [1.82, 2.24) is 10.3 Å².